The number of hydrogen-bond acceptors (Lipinski definition) is 4. The van der Waals surface area contributed by atoms with Gasteiger partial charge in [0.15, 0.2) is 0 Å². The van der Waals surface area contributed by atoms with Crippen LogP contribution < -0.4 is 15.8 Å². The fourth-order valence-electron chi connectivity index (χ4n) is 1.91. The molecule has 0 fully saturated rings. The fraction of sp³-hybridized carbons (Fsp3) is 0.286. The zero-order valence-corrected chi connectivity index (χ0v) is 11.6. The Morgan fingerprint density at radius 2 is 2.25 bits per heavy atom. The lowest BCUT2D eigenvalue weighted by Crippen LogP contribution is -2.18. The van der Waals surface area contributed by atoms with E-state index in [0.717, 1.165) is 0 Å². The van der Waals surface area contributed by atoms with Gasteiger partial charge in [-0.15, -0.1) is 0 Å². The van der Waals surface area contributed by atoms with Crippen LogP contribution in [0.4, 0.5) is 11.4 Å². The summed E-state index contributed by atoms with van der Waals surface area (Å²) in [6, 6.07) is 7.22. The first-order chi connectivity index (χ1) is 9.65. The standard InChI is InChI=1S/C14H18N4O2/c1-3-18-13(12(15)9-16-18)14(19)17-10-6-5-7-11(8-10)20-4-2/h5-9H,3-4,15H2,1-2H3,(H,17,19). The van der Waals surface area contributed by atoms with Crippen LogP contribution in [0.15, 0.2) is 30.5 Å². The van der Waals surface area contributed by atoms with Crippen LogP contribution in [-0.2, 0) is 6.54 Å². The van der Waals surface area contributed by atoms with E-state index in [0.29, 0.717) is 36.0 Å². The quantitative estimate of drug-likeness (QED) is 0.875. The lowest BCUT2D eigenvalue weighted by atomic mass is 10.2. The van der Waals surface area contributed by atoms with Gasteiger partial charge in [0.05, 0.1) is 18.5 Å². The van der Waals surface area contributed by atoms with Gasteiger partial charge >= 0.3 is 0 Å². The molecule has 6 nitrogen and oxygen atoms in total. The predicted molar refractivity (Wildman–Crippen MR) is 77.9 cm³/mol. The van der Waals surface area contributed by atoms with Gasteiger partial charge in [0, 0.05) is 18.3 Å². The fourth-order valence-corrected chi connectivity index (χ4v) is 1.91. The maximum atomic E-state index is 12.3. The van der Waals surface area contributed by atoms with Crippen molar-refractivity contribution in [3.8, 4) is 5.75 Å². The number of anilines is 2. The Hall–Kier alpha value is -2.50. The normalized spacial score (nSPS) is 10.3. The second-order valence-corrected chi connectivity index (χ2v) is 4.18. The molecule has 1 aromatic heterocycles. The molecule has 106 valence electrons. The SMILES string of the molecule is CCOc1cccc(NC(=O)c2c(N)cnn2CC)c1. The molecule has 0 aliphatic carbocycles. The van der Waals surface area contributed by atoms with Gasteiger partial charge in [-0.2, -0.15) is 5.10 Å². The highest BCUT2D eigenvalue weighted by Crippen LogP contribution is 2.19. The Morgan fingerprint density at radius 1 is 1.45 bits per heavy atom. The van der Waals surface area contributed by atoms with Gasteiger partial charge in [-0.25, -0.2) is 0 Å². The van der Waals surface area contributed by atoms with E-state index < -0.39 is 0 Å². The average Bonchev–Trinajstić information content (AvgIpc) is 2.80. The van der Waals surface area contributed by atoms with Crippen LogP contribution in [0.1, 0.15) is 24.3 Å². The van der Waals surface area contributed by atoms with Crippen LogP contribution in [0.3, 0.4) is 0 Å². The Kier molecular flexibility index (Phi) is 4.24. The molecular formula is C14H18N4O2. The molecule has 2 aromatic rings. The van der Waals surface area contributed by atoms with Crippen molar-refractivity contribution in [2.75, 3.05) is 17.7 Å². The molecule has 1 amide bonds. The van der Waals surface area contributed by atoms with E-state index in [9.17, 15) is 4.79 Å². The summed E-state index contributed by atoms with van der Waals surface area (Å²) in [6.45, 7) is 4.97. The summed E-state index contributed by atoms with van der Waals surface area (Å²) in [5.74, 6) is 0.428. The van der Waals surface area contributed by atoms with Crippen molar-refractivity contribution in [2.24, 2.45) is 0 Å². The van der Waals surface area contributed by atoms with Crippen molar-refractivity contribution in [2.45, 2.75) is 20.4 Å². The minimum atomic E-state index is -0.282. The third-order valence-electron chi connectivity index (χ3n) is 2.79. The lowest BCUT2D eigenvalue weighted by molar-refractivity contribution is 0.101. The number of ether oxygens (including phenoxy) is 1. The smallest absolute Gasteiger partial charge is 0.276 e. The number of nitrogens with one attached hydrogen (secondary N) is 1. The highest BCUT2D eigenvalue weighted by atomic mass is 16.5. The predicted octanol–water partition coefficient (Wildman–Crippen LogP) is 2.14. The zero-order valence-electron chi connectivity index (χ0n) is 11.6. The molecule has 2 rings (SSSR count). The van der Waals surface area contributed by atoms with Crippen molar-refractivity contribution >= 4 is 17.3 Å². The molecule has 20 heavy (non-hydrogen) atoms. The van der Waals surface area contributed by atoms with Crippen LogP contribution in [0.5, 0.6) is 5.75 Å². The largest absolute Gasteiger partial charge is 0.494 e. The van der Waals surface area contributed by atoms with Gasteiger partial charge in [-0.3, -0.25) is 9.48 Å². The number of rotatable bonds is 5. The van der Waals surface area contributed by atoms with Crippen LogP contribution in [0.2, 0.25) is 0 Å². The van der Waals surface area contributed by atoms with Gasteiger partial charge in [0.2, 0.25) is 0 Å². The molecule has 0 atom stereocenters. The summed E-state index contributed by atoms with van der Waals surface area (Å²) in [6.07, 6.45) is 1.48. The Labute approximate surface area is 117 Å². The first kappa shape index (κ1) is 13.9. The van der Waals surface area contributed by atoms with Crippen molar-refractivity contribution in [1.29, 1.82) is 0 Å². The van der Waals surface area contributed by atoms with Crippen molar-refractivity contribution in [1.82, 2.24) is 9.78 Å². The minimum absolute atomic E-state index is 0.282. The first-order valence-corrected chi connectivity index (χ1v) is 6.51. The lowest BCUT2D eigenvalue weighted by Gasteiger charge is -2.09. The summed E-state index contributed by atoms with van der Waals surface area (Å²) in [5, 5.41) is 6.85. The number of hydrogen-bond donors (Lipinski definition) is 2. The Balaban J connectivity index is 2.19. The highest BCUT2D eigenvalue weighted by Gasteiger charge is 2.16. The van der Waals surface area contributed by atoms with E-state index in [-0.39, 0.29) is 5.91 Å². The third kappa shape index (κ3) is 2.90. The molecule has 0 aliphatic rings. The monoisotopic (exact) mass is 274 g/mol. The number of carbonyl (C=O) groups excluding carboxylic acids is 1. The minimum Gasteiger partial charge on any atom is -0.494 e. The Morgan fingerprint density at radius 3 is 2.95 bits per heavy atom. The molecular weight excluding hydrogens is 256 g/mol. The van der Waals surface area contributed by atoms with E-state index >= 15 is 0 Å². The molecule has 3 N–H and O–H groups in total. The number of carbonyl (C=O) groups is 1. The molecule has 1 heterocycles. The molecule has 0 bridgehead atoms. The number of benzene rings is 1. The summed E-state index contributed by atoms with van der Waals surface area (Å²) in [5.41, 5.74) is 7.17. The maximum Gasteiger partial charge on any atom is 0.276 e. The number of nitrogens with two attached hydrogens (primary N) is 1. The molecule has 1 aromatic carbocycles. The van der Waals surface area contributed by atoms with E-state index in [1.807, 2.05) is 26.0 Å². The van der Waals surface area contributed by atoms with E-state index in [4.69, 9.17) is 10.5 Å². The molecule has 0 spiro atoms. The summed E-state index contributed by atoms with van der Waals surface area (Å²) >= 11 is 0. The molecule has 0 radical (unpaired) electrons. The van der Waals surface area contributed by atoms with Gasteiger partial charge in [-0.05, 0) is 26.0 Å². The van der Waals surface area contributed by atoms with Gasteiger partial charge in [0.25, 0.3) is 5.91 Å². The third-order valence-corrected chi connectivity index (χ3v) is 2.79. The molecule has 0 unspecified atom stereocenters. The molecule has 0 saturated heterocycles. The molecule has 0 aliphatic heterocycles. The second-order valence-electron chi connectivity index (χ2n) is 4.18. The van der Waals surface area contributed by atoms with E-state index in [1.54, 1.807) is 16.8 Å². The maximum absolute atomic E-state index is 12.3. The average molecular weight is 274 g/mol. The van der Waals surface area contributed by atoms with Crippen molar-refractivity contribution in [3.05, 3.63) is 36.2 Å². The Bertz CT molecular complexity index is 607. The van der Waals surface area contributed by atoms with Crippen LogP contribution in [0.25, 0.3) is 0 Å². The number of aromatic nitrogens is 2. The van der Waals surface area contributed by atoms with Crippen molar-refractivity contribution < 1.29 is 9.53 Å². The number of aryl methyl sites for hydroxylation is 1. The van der Waals surface area contributed by atoms with Gasteiger partial charge < -0.3 is 15.8 Å². The van der Waals surface area contributed by atoms with Gasteiger partial charge in [-0.1, -0.05) is 6.07 Å². The first-order valence-electron chi connectivity index (χ1n) is 6.51. The van der Waals surface area contributed by atoms with E-state index in [1.165, 1.54) is 6.20 Å². The van der Waals surface area contributed by atoms with Crippen LogP contribution in [0, 0.1) is 0 Å². The highest BCUT2D eigenvalue weighted by molar-refractivity contribution is 6.06. The second kappa shape index (κ2) is 6.10. The van der Waals surface area contributed by atoms with Crippen LogP contribution in [-0.4, -0.2) is 22.3 Å². The molecule has 0 saturated carbocycles. The molecule has 6 heteroatoms. The summed E-state index contributed by atoms with van der Waals surface area (Å²) < 4.78 is 6.96. The summed E-state index contributed by atoms with van der Waals surface area (Å²) in [4.78, 5) is 12.3. The van der Waals surface area contributed by atoms with Crippen molar-refractivity contribution in [3.63, 3.8) is 0 Å². The zero-order chi connectivity index (χ0) is 14.5. The van der Waals surface area contributed by atoms with E-state index in [2.05, 4.69) is 10.4 Å². The summed E-state index contributed by atoms with van der Waals surface area (Å²) in [7, 11) is 0. The number of amides is 1. The topological polar surface area (TPSA) is 82.2 Å². The van der Waals surface area contributed by atoms with Crippen LogP contribution >= 0.6 is 0 Å². The van der Waals surface area contributed by atoms with Gasteiger partial charge in [0.1, 0.15) is 11.4 Å². The number of nitrogens with zero attached hydrogens (tertiary/aromatic N) is 2. The number of nitrogen functional groups attached to an aromatic ring is 1.